The van der Waals surface area contributed by atoms with Crippen molar-refractivity contribution in [1.29, 1.82) is 0 Å². The van der Waals surface area contributed by atoms with Gasteiger partial charge in [-0.3, -0.25) is 4.79 Å². The molecule has 0 aliphatic carbocycles. The Labute approximate surface area is 202 Å². The minimum atomic E-state index is -3.90. The van der Waals surface area contributed by atoms with Gasteiger partial charge in [0.2, 0.25) is 15.9 Å². The summed E-state index contributed by atoms with van der Waals surface area (Å²) in [5, 5.41) is 5.78. The standard InChI is InChI=1S/C24H25N3O3S3/c1-17-11-13-31-22(17)10-12-25-24(28)16-27(15-19-6-4-3-5-7-19)33(29,30)20-8-9-21-23(14-20)32-18(2)26-21/h3-9,11,13-14H,10,12,15-16H2,1-2H3,(H,25,28). The van der Waals surface area contributed by atoms with Crippen LogP contribution in [0.4, 0.5) is 0 Å². The van der Waals surface area contributed by atoms with Gasteiger partial charge in [-0.1, -0.05) is 30.3 Å². The first-order valence-electron chi connectivity index (χ1n) is 10.5. The first kappa shape index (κ1) is 23.6. The van der Waals surface area contributed by atoms with Gasteiger partial charge in [0, 0.05) is 18.0 Å². The van der Waals surface area contributed by atoms with Gasteiger partial charge >= 0.3 is 0 Å². The number of thiazole rings is 1. The zero-order chi connectivity index (χ0) is 23.4. The molecule has 4 aromatic rings. The monoisotopic (exact) mass is 499 g/mol. The van der Waals surface area contributed by atoms with E-state index in [0.29, 0.717) is 6.54 Å². The molecule has 0 radical (unpaired) electrons. The number of benzene rings is 2. The smallest absolute Gasteiger partial charge is 0.243 e. The van der Waals surface area contributed by atoms with Crippen LogP contribution in [0.2, 0.25) is 0 Å². The normalized spacial score (nSPS) is 11.8. The van der Waals surface area contributed by atoms with E-state index in [9.17, 15) is 13.2 Å². The van der Waals surface area contributed by atoms with E-state index in [2.05, 4.69) is 16.4 Å². The molecule has 0 spiro atoms. The number of fused-ring (bicyclic) bond motifs is 1. The zero-order valence-electron chi connectivity index (χ0n) is 18.4. The molecule has 1 amide bonds. The summed E-state index contributed by atoms with van der Waals surface area (Å²) in [7, 11) is -3.90. The fraction of sp³-hybridized carbons (Fsp3) is 0.250. The number of nitrogens with zero attached hydrogens (tertiary/aromatic N) is 2. The molecule has 172 valence electrons. The van der Waals surface area contributed by atoms with Crippen molar-refractivity contribution < 1.29 is 13.2 Å². The van der Waals surface area contributed by atoms with Gasteiger partial charge in [0.25, 0.3) is 0 Å². The Bertz CT molecular complexity index is 1360. The first-order chi connectivity index (χ1) is 15.8. The molecule has 2 aromatic carbocycles. The van der Waals surface area contributed by atoms with Crippen molar-refractivity contribution in [3.8, 4) is 0 Å². The highest BCUT2D eigenvalue weighted by atomic mass is 32.2. The minimum Gasteiger partial charge on any atom is -0.355 e. The average molecular weight is 500 g/mol. The van der Waals surface area contributed by atoms with Gasteiger partial charge in [0.05, 0.1) is 26.7 Å². The molecule has 0 fully saturated rings. The number of hydrogen-bond donors (Lipinski definition) is 1. The number of thiophene rings is 1. The molecule has 2 heterocycles. The third-order valence-electron chi connectivity index (χ3n) is 5.27. The van der Waals surface area contributed by atoms with Crippen LogP contribution in [0, 0.1) is 13.8 Å². The summed E-state index contributed by atoms with van der Waals surface area (Å²) in [4.78, 5) is 18.5. The third-order valence-corrected chi connectivity index (χ3v) is 9.07. The van der Waals surface area contributed by atoms with Gasteiger partial charge in [-0.25, -0.2) is 13.4 Å². The van der Waals surface area contributed by atoms with Gasteiger partial charge in [-0.2, -0.15) is 4.31 Å². The van der Waals surface area contributed by atoms with Crippen molar-refractivity contribution >= 4 is 48.8 Å². The van der Waals surface area contributed by atoms with Crippen LogP contribution in [0.15, 0.2) is 64.9 Å². The van der Waals surface area contributed by atoms with Crippen LogP contribution in [0.5, 0.6) is 0 Å². The van der Waals surface area contributed by atoms with Gasteiger partial charge in [0.1, 0.15) is 0 Å². The van der Waals surface area contributed by atoms with Gasteiger partial charge in [-0.15, -0.1) is 22.7 Å². The summed E-state index contributed by atoms with van der Waals surface area (Å²) in [6, 6.07) is 16.3. The van der Waals surface area contributed by atoms with E-state index in [1.165, 1.54) is 26.1 Å². The lowest BCUT2D eigenvalue weighted by molar-refractivity contribution is -0.121. The average Bonchev–Trinajstić information content (AvgIpc) is 3.37. The van der Waals surface area contributed by atoms with Crippen molar-refractivity contribution in [2.75, 3.05) is 13.1 Å². The van der Waals surface area contributed by atoms with E-state index < -0.39 is 10.0 Å². The quantitative estimate of drug-likeness (QED) is 0.367. The number of aromatic nitrogens is 1. The lowest BCUT2D eigenvalue weighted by atomic mass is 10.2. The van der Waals surface area contributed by atoms with Crippen LogP contribution >= 0.6 is 22.7 Å². The molecule has 6 nitrogen and oxygen atoms in total. The van der Waals surface area contributed by atoms with Crippen LogP contribution < -0.4 is 5.32 Å². The summed E-state index contributed by atoms with van der Waals surface area (Å²) < 4.78 is 29.2. The van der Waals surface area contributed by atoms with Gasteiger partial charge in [0.15, 0.2) is 0 Å². The van der Waals surface area contributed by atoms with Crippen LogP contribution in [0.1, 0.15) is 21.0 Å². The molecule has 4 rings (SSSR count). The van der Waals surface area contributed by atoms with E-state index in [0.717, 1.165) is 27.2 Å². The van der Waals surface area contributed by atoms with E-state index in [1.54, 1.807) is 29.5 Å². The number of hydrogen-bond acceptors (Lipinski definition) is 6. The van der Waals surface area contributed by atoms with Crippen molar-refractivity contribution in [3.05, 3.63) is 81.0 Å². The first-order valence-corrected chi connectivity index (χ1v) is 13.7. The van der Waals surface area contributed by atoms with Crippen LogP contribution in [0.25, 0.3) is 10.2 Å². The highest BCUT2D eigenvalue weighted by Crippen LogP contribution is 2.27. The van der Waals surface area contributed by atoms with E-state index in [1.807, 2.05) is 49.6 Å². The molecule has 0 saturated heterocycles. The molecule has 0 atom stereocenters. The predicted octanol–water partition coefficient (Wildman–Crippen LogP) is 4.52. The van der Waals surface area contributed by atoms with Crippen LogP contribution in [-0.2, 0) is 27.8 Å². The summed E-state index contributed by atoms with van der Waals surface area (Å²) in [5.74, 6) is -0.321. The number of carbonyl (C=O) groups excluding carboxylic acids is 1. The molecule has 9 heteroatoms. The van der Waals surface area contributed by atoms with E-state index in [-0.39, 0.29) is 23.9 Å². The maximum Gasteiger partial charge on any atom is 0.243 e. The molecule has 0 bridgehead atoms. The molecule has 33 heavy (non-hydrogen) atoms. The van der Waals surface area contributed by atoms with E-state index in [4.69, 9.17) is 0 Å². The molecule has 2 aromatic heterocycles. The van der Waals surface area contributed by atoms with Crippen molar-refractivity contribution in [2.24, 2.45) is 0 Å². The molecule has 0 aliphatic rings. The number of aryl methyl sites for hydroxylation is 2. The Morgan fingerprint density at radius 3 is 2.61 bits per heavy atom. The Hall–Kier alpha value is -2.59. The fourth-order valence-electron chi connectivity index (χ4n) is 3.53. The maximum atomic E-state index is 13.6. The Morgan fingerprint density at radius 2 is 1.88 bits per heavy atom. The molecule has 0 aliphatic heterocycles. The summed E-state index contributed by atoms with van der Waals surface area (Å²) in [6.07, 6.45) is 0.724. The summed E-state index contributed by atoms with van der Waals surface area (Å²) in [5.41, 5.74) is 2.79. The Kier molecular flexibility index (Phi) is 7.23. The lowest BCUT2D eigenvalue weighted by Crippen LogP contribution is -2.40. The van der Waals surface area contributed by atoms with Crippen molar-refractivity contribution in [3.63, 3.8) is 0 Å². The number of amides is 1. The zero-order valence-corrected chi connectivity index (χ0v) is 20.9. The number of carbonyl (C=O) groups is 1. The van der Waals surface area contributed by atoms with Crippen LogP contribution in [0.3, 0.4) is 0 Å². The lowest BCUT2D eigenvalue weighted by Gasteiger charge is -2.22. The highest BCUT2D eigenvalue weighted by Gasteiger charge is 2.27. The van der Waals surface area contributed by atoms with Crippen LogP contribution in [-0.4, -0.2) is 36.7 Å². The van der Waals surface area contributed by atoms with Crippen molar-refractivity contribution in [1.82, 2.24) is 14.6 Å². The molecular formula is C24H25N3O3S3. The summed E-state index contributed by atoms with van der Waals surface area (Å²) >= 11 is 3.11. The third kappa shape index (κ3) is 5.67. The second kappa shape index (κ2) is 10.1. The number of nitrogens with one attached hydrogen (secondary N) is 1. The van der Waals surface area contributed by atoms with Gasteiger partial charge in [-0.05, 0) is 61.0 Å². The summed E-state index contributed by atoms with van der Waals surface area (Å²) in [6.45, 7) is 4.26. The molecule has 1 N–H and O–H groups in total. The maximum absolute atomic E-state index is 13.6. The molecule has 0 saturated carbocycles. The fourth-order valence-corrected chi connectivity index (χ4v) is 6.80. The van der Waals surface area contributed by atoms with E-state index >= 15 is 0 Å². The predicted molar refractivity (Wildman–Crippen MR) is 134 cm³/mol. The molecule has 0 unspecified atom stereocenters. The topological polar surface area (TPSA) is 79.4 Å². The Morgan fingerprint density at radius 1 is 1.09 bits per heavy atom. The van der Waals surface area contributed by atoms with Gasteiger partial charge < -0.3 is 5.32 Å². The van der Waals surface area contributed by atoms with Crippen molar-refractivity contribution in [2.45, 2.75) is 31.7 Å². The number of rotatable bonds is 9. The second-order valence-corrected chi connectivity index (χ2v) is 11.9. The SMILES string of the molecule is Cc1nc2ccc(S(=O)(=O)N(CC(=O)NCCc3sccc3C)Cc3ccccc3)cc2s1. The second-order valence-electron chi connectivity index (χ2n) is 7.75. The highest BCUT2D eigenvalue weighted by molar-refractivity contribution is 7.89. The molecular weight excluding hydrogens is 474 g/mol. The number of sulfonamides is 1. The Balaban J connectivity index is 1.53. The largest absolute Gasteiger partial charge is 0.355 e. The minimum absolute atomic E-state index is 0.111.